The smallest absolute Gasteiger partial charge is 0.545 e. The van der Waals surface area contributed by atoms with Gasteiger partial charge < -0.3 is 9.59 Å². The number of alkyl halides is 6. The average molecular weight is 466 g/mol. The molecule has 0 atom stereocenters. The molecule has 19 heavy (non-hydrogen) atoms. The minimum atomic E-state index is -5.14. The maximum Gasteiger partial charge on any atom is 1.00 e. The average Bonchev–Trinajstić information content (AvgIpc) is 2.76. The molecule has 1 aliphatic carbocycles. The Morgan fingerprint density at radius 2 is 1.05 bits per heavy atom. The van der Waals surface area contributed by atoms with Gasteiger partial charge in [0.25, 0.3) is 0 Å². The Hall–Kier alpha value is -0.964. The van der Waals surface area contributed by atoms with Crippen molar-refractivity contribution in [2.45, 2.75) is 25.2 Å². The second kappa shape index (κ2) is 15.1. The zero-order valence-electron chi connectivity index (χ0n) is 9.32. The van der Waals surface area contributed by atoms with E-state index in [1.807, 2.05) is 0 Å². The van der Waals surface area contributed by atoms with Crippen LogP contribution in [0.2, 0.25) is 0 Å². The molecule has 0 aromatic heterocycles. The first-order valence-corrected chi connectivity index (χ1v) is 4.13. The Bertz CT molecular complexity index is 223. The molecule has 0 fully saturated rings. The molecule has 1 rings (SSSR count). The van der Waals surface area contributed by atoms with Crippen LogP contribution < -0.4 is 0 Å². The molecule has 0 unspecified atom stereocenters. The second-order valence-corrected chi connectivity index (χ2v) is 2.50. The van der Waals surface area contributed by atoms with E-state index in [2.05, 4.69) is 37.9 Å². The molecule has 9 heteroatoms. The number of carbonyl (C=O) groups excluding carboxylic acids is 2. The van der Waals surface area contributed by atoms with Gasteiger partial charge in [0.15, 0.2) is 0 Å². The van der Waals surface area contributed by atoms with Crippen molar-refractivity contribution >= 4 is 13.6 Å². The number of allylic oxidation sites excluding steroid dienone is 4. The largest absolute Gasteiger partial charge is 1.00 e. The summed E-state index contributed by atoms with van der Waals surface area (Å²) in [6.45, 7) is 6.50. The summed E-state index contributed by atoms with van der Waals surface area (Å²) in [5, 5.41) is 0. The van der Waals surface area contributed by atoms with Crippen LogP contribution in [-0.2, 0) is 29.4 Å². The Balaban J connectivity index is -0.0000000956. The van der Waals surface area contributed by atoms with Gasteiger partial charge in [0.1, 0.15) is 6.42 Å². The fraction of sp³-hybridized carbons (Fsp3) is 0.400. The standard InChI is InChI=1S/C5H6.C3H2F6.2CHO.Os/c1-2-4-5-3-1;4-2(5,6)1-3(7,8)9;2*1-2;/h1-4H,5H2;1H2;2*1H;/q;;2*-1;+1. The summed E-state index contributed by atoms with van der Waals surface area (Å²) in [7, 11) is 0. The molecule has 0 heterocycles. The van der Waals surface area contributed by atoms with Crippen molar-refractivity contribution in [3.05, 3.63) is 24.3 Å². The van der Waals surface area contributed by atoms with E-state index in [0.29, 0.717) is 0 Å². The first-order valence-electron chi connectivity index (χ1n) is 4.13. The number of halogens is 6. The monoisotopic (exact) mass is 468 g/mol. The molecule has 0 amide bonds. The quantitative estimate of drug-likeness (QED) is 0.312. The minimum Gasteiger partial charge on any atom is -0.545 e. The molecule has 1 radical (unpaired) electrons. The van der Waals surface area contributed by atoms with E-state index in [1.165, 1.54) is 0 Å². The van der Waals surface area contributed by atoms with Gasteiger partial charge in [-0.2, -0.15) is 26.3 Å². The van der Waals surface area contributed by atoms with Gasteiger partial charge in [-0.05, 0) is 6.42 Å². The third-order valence-electron chi connectivity index (χ3n) is 1.06. The molecule has 0 spiro atoms. The summed E-state index contributed by atoms with van der Waals surface area (Å²) in [5.41, 5.74) is 0. The number of hydrogen-bond donors (Lipinski definition) is 0. The van der Waals surface area contributed by atoms with Crippen molar-refractivity contribution in [2.75, 3.05) is 0 Å². The normalized spacial score (nSPS) is 11.7. The van der Waals surface area contributed by atoms with Gasteiger partial charge >= 0.3 is 32.1 Å². The van der Waals surface area contributed by atoms with E-state index in [4.69, 9.17) is 9.59 Å². The molecule has 0 aromatic rings. The van der Waals surface area contributed by atoms with Crippen LogP contribution in [0.3, 0.4) is 0 Å². The summed E-state index contributed by atoms with van der Waals surface area (Å²) in [4.78, 5) is 15.5. The Labute approximate surface area is 119 Å². The van der Waals surface area contributed by atoms with Crippen LogP contribution in [0.5, 0.6) is 0 Å². The van der Waals surface area contributed by atoms with Crippen LogP contribution in [0.1, 0.15) is 12.8 Å². The fourth-order valence-corrected chi connectivity index (χ4v) is 0.620. The van der Waals surface area contributed by atoms with Gasteiger partial charge in [0.2, 0.25) is 0 Å². The summed E-state index contributed by atoms with van der Waals surface area (Å²) in [5.74, 6) is 0. The molecule has 0 aliphatic heterocycles. The van der Waals surface area contributed by atoms with Gasteiger partial charge in [-0.15, -0.1) is 0 Å². The zero-order chi connectivity index (χ0) is 15.2. The van der Waals surface area contributed by atoms with Crippen molar-refractivity contribution in [3.63, 3.8) is 0 Å². The maximum absolute atomic E-state index is 10.8. The molecule has 0 saturated heterocycles. The van der Waals surface area contributed by atoms with Crippen LogP contribution in [0.15, 0.2) is 24.3 Å². The number of hydrogen-bond acceptors (Lipinski definition) is 2. The van der Waals surface area contributed by atoms with Crippen molar-refractivity contribution in [1.82, 2.24) is 0 Å². The molecule has 0 N–H and O–H groups in total. The second-order valence-electron chi connectivity index (χ2n) is 2.50. The van der Waals surface area contributed by atoms with Crippen LogP contribution in [0.25, 0.3) is 0 Å². The van der Waals surface area contributed by atoms with Gasteiger partial charge in [-0.3, -0.25) is 13.6 Å². The third kappa shape index (κ3) is 38.2. The summed E-state index contributed by atoms with van der Waals surface area (Å²) < 4.78 is 65.0. The Kier molecular flexibility index (Phi) is 21.1. The van der Waals surface area contributed by atoms with Crippen molar-refractivity contribution in [1.29, 1.82) is 0 Å². The Morgan fingerprint density at radius 3 is 1.11 bits per heavy atom. The molecular weight excluding hydrogens is 456 g/mol. The van der Waals surface area contributed by atoms with Crippen LogP contribution >= 0.6 is 0 Å². The molecular formula is C10H10F6O2Os-. The van der Waals surface area contributed by atoms with E-state index in [0.717, 1.165) is 6.42 Å². The van der Waals surface area contributed by atoms with Crippen molar-refractivity contribution in [2.24, 2.45) is 0 Å². The molecule has 113 valence electrons. The first kappa shape index (κ1) is 26.6. The first-order chi connectivity index (χ1) is 8.21. The van der Waals surface area contributed by atoms with Crippen molar-refractivity contribution < 1.29 is 55.7 Å². The van der Waals surface area contributed by atoms with E-state index in [1.54, 1.807) is 0 Å². The minimum absolute atomic E-state index is 0. The molecule has 0 aromatic carbocycles. The molecule has 2 nitrogen and oxygen atoms in total. The van der Waals surface area contributed by atoms with E-state index >= 15 is 0 Å². The van der Waals surface area contributed by atoms with Crippen LogP contribution in [-0.4, -0.2) is 25.9 Å². The van der Waals surface area contributed by atoms with Crippen molar-refractivity contribution in [3.8, 4) is 0 Å². The van der Waals surface area contributed by atoms with E-state index < -0.39 is 18.8 Å². The zero-order valence-corrected chi connectivity index (χ0v) is 11.9. The van der Waals surface area contributed by atoms with Gasteiger partial charge in [0, 0.05) is 0 Å². The summed E-state index contributed by atoms with van der Waals surface area (Å²) in [6, 6.07) is 0. The van der Waals surface area contributed by atoms with E-state index in [-0.39, 0.29) is 19.8 Å². The third-order valence-corrected chi connectivity index (χ3v) is 1.06. The van der Waals surface area contributed by atoms with Gasteiger partial charge in [-0.25, -0.2) is 0 Å². The van der Waals surface area contributed by atoms with Crippen LogP contribution in [0.4, 0.5) is 26.3 Å². The van der Waals surface area contributed by atoms with E-state index in [9.17, 15) is 26.3 Å². The maximum atomic E-state index is 10.8. The topological polar surface area (TPSA) is 34.1 Å². The summed E-state index contributed by atoms with van der Waals surface area (Å²) >= 11 is 0. The molecule has 0 bridgehead atoms. The van der Waals surface area contributed by atoms with Gasteiger partial charge in [-0.1, -0.05) is 24.3 Å². The number of rotatable bonds is 0. The molecule has 0 saturated carbocycles. The molecule has 1 aliphatic rings. The SMILES string of the molecule is C1=CCC=C1.FC(F)(F)CC(F)(F)F.[CH-]=O.[CH-]=O.[Os+]. The fourth-order valence-electron chi connectivity index (χ4n) is 0.620. The van der Waals surface area contributed by atoms with Gasteiger partial charge in [0.05, 0.1) is 0 Å². The predicted molar refractivity (Wildman–Crippen MR) is 53.1 cm³/mol. The summed E-state index contributed by atoms with van der Waals surface area (Å²) in [6.07, 6.45) is -3.49. The predicted octanol–water partition coefficient (Wildman–Crippen LogP) is 3.45. The van der Waals surface area contributed by atoms with Crippen LogP contribution in [0, 0.1) is 0 Å². The Morgan fingerprint density at radius 1 is 0.789 bits per heavy atom.